The smallest absolute Gasteiger partial charge is 0.243 e. The predicted molar refractivity (Wildman–Crippen MR) is 118 cm³/mol. The maximum atomic E-state index is 13.3. The van der Waals surface area contributed by atoms with Gasteiger partial charge in [0.1, 0.15) is 5.82 Å². The van der Waals surface area contributed by atoms with Crippen LogP contribution in [0.2, 0.25) is 5.02 Å². The highest BCUT2D eigenvalue weighted by atomic mass is 35.5. The van der Waals surface area contributed by atoms with E-state index in [4.69, 9.17) is 11.6 Å². The molecule has 0 aromatic heterocycles. The first kappa shape index (κ1) is 22.9. The maximum absolute atomic E-state index is 13.3. The Morgan fingerprint density at radius 2 is 1.61 bits per heavy atom. The van der Waals surface area contributed by atoms with Gasteiger partial charge < -0.3 is 5.32 Å². The number of hydrogen-bond donors (Lipinski definition) is 1. The molecule has 0 aliphatic carbocycles. The van der Waals surface area contributed by atoms with Crippen molar-refractivity contribution in [1.82, 2.24) is 9.62 Å². The molecule has 1 amide bonds. The molecular formula is C23H22ClFN2O3S. The lowest BCUT2D eigenvalue weighted by Crippen LogP contribution is -2.41. The van der Waals surface area contributed by atoms with Crippen LogP contribution in [-0.4, -0.2) is 25.2 Å². The molecule has 0 aliphatic heterocycles. The van der Waals surface area contributed by atoms with E-state index in [1.54, 1.807) is 55.5 Å². The van der Waals surface area contributed by atoms with Gasteiger partial charge >= 0.3 is 0 Å². The minimum absolute atomic E-state index is 0.00327. The molecule has 5 nitrogen and oxygen atoms in total. The molecule has 0 unspecified atom stereocenters. The quantitative estimate of drug-likeness (QED) is 0.536. The zero-order valence-corrected chi connectivity index (χ0v) is 18.4. The Bertz CT molecular complexity index is 1120. The number of carbonyl (C=O) groups is 1. The second-order valence-electron chi connectivity index (χ2n) is 7.05. The fraction of sp³-hybridized carbons (Fsp3) is 0.174. The predicted octanol–water partition coefficient (Wildman–Crippen LogP) is 4.55. The van der Waals surface area contributed by atoms with E-state index in [2.05, 4.69) is 5.32 Å². The van der Waals surface area contributed by atoms with Crippen LogP contribution in [0, 0.1) is 5.82 Å². The van der Waals surface area contributed by atoms with Crippen LogP contribution >= 0.6 is 11.6 Å². The molecule has 0 fully saturated rings. The zero-order chi connectivity index (χ0) is 22.4. The van der Waals surface area contributed by atoms with Crippen molar-refractivity contribution in [1.29, 1.82) is 0 Å². The number of nitrogens with one attached hydrogen (secondary N) is 1. The van der Waals surface area contributed by atoms with E-state index in [9.17, 15) is 17.6 Å². The molecule has 3 rings (SSSR count). The average molecular weight is 461 g/mol. The van der Waals surface area contributed by atoms with Gasteiger partial charge in [0.25, 0.3) is 0 Å². The summed E-state index contributed by atoms with van der Waals surface area (Å²) in [7, 11) is -4.03. The van der Waals surface area contributed by atoms with Crippen molar-refractivity contribution >= 4 is 27.5 Å². The van der Waals surface area contributed by atoms with Gasteiger partial charge in [0.15, 0.2) is 0 Å². The lowest BCUT2D eigenvalue weighted by molar-refractivity contribution is -0.122. The van der Waals surface area contributed by atoms with Gasteiger partial charge in [0, 0.05) is 11.6 Å². The van der Waals surface area contributed by atoms with Crippen molar-refractivity contribution in [2.24, 2.45) is 0 Å². The molecule has 1 N–H and O–H groups in total. The van der Waals surface area contributed by atoms with Gasteiger partial charge in [-0.3, -0.25) is 4.79 Å². The Hall–Kier alpha value is -2.74. The molecule has 162 valence electrons. The first-order valence-corrected chi connectivity index (χ1v) is 11.4. The zero-order valence-electron chi connectivity index (χ0n) is 16.8. The van der Waals surface area contributed by atoms with Gasteiger partial charge in [-0.1, -0.05) is 54.1 Å². The van der Waals surface area contributed by atoms with Crippen LogP contribution in [0.3, 0.4) is 0 Å². The van der Waals surface area contributed by atoms with Crippen LogP contribution in [0.4, 0.5) is 4.39 Å². The lowest BCUT2D eigenvalue weighted by Gasteiger charge is -2.23. The standard InChI is InChI=1S/C23H22ClFN2O3S/c1-17(19-7-9-20(24)10-8-19)26-23(28)16-27(15-18-5-3-2-4-6-18)31(29,30)22-13-11-21(25)12-14-22/h2-14,17H,15-16H2,1H3,(H,26,28)/t17-/m0/s1. The van der Waals surface area contributed by atoms with Crippen LogP contribution in [0.15, 0.2) is 83.8 Å². The number of benzene rings is 3. The van der Waals surface area contributed by atoms with Crippen LogP contribution < -0.4 is 5.32 Å². The van der Waals surface area contributed by atoms with Crippen molar-refractivity contribution in [3.05, 3.63) is 101 Å². The average Bonchev–Trinajstić information content (AvgIpc) is 2.74. The number of carbonyl (C=O) groups excluding carboxylic acids is 1. The Morgan fingerprint density at radius 1 is 1.00 bits per heavy atom. The molecule has 0 aliphatic rings. The van der Waals surface area contributed by atoms with Gasteiger partial charge in [0.05, 0.1) is 17.5 Å². The third-order valence-corrected chi connectivity index (χ3v) is 6.78. The molecule has 0 saturated heterocycles. The summed E-state index contributed by atoms with van der Waals surface area (Å²) < 4.78 is 40.7. The van der Waals surface area contributed by atoms with E-state index in [1.165, 1.54) is 12.1 Å². The SMILES string of the molecule is C[C@H](NC(=O)CN(Cc1ccccc1)S(=O)(=O)c1ccc(F)cc1)c1ccc(Cl)cc1. The number of sulfonamides is 1. The van der Waals surface area contributed by atoms with Gasteiger partial charge in [-0.25, -0.2) is 12.8 Å². The summed E-state index contributed by atoms with van der Waals surface area (Å²) in [4.78, 5) is 12.6. The summed E-state index contributed by atoms with van der Waals surface area (Å²) in [6.45, 7) is 1.42. The topological polar surface area (TPSA) is 66.5 Å². The molecule has 0 spiro atoms. The molecule has 31 heavy (non-hydrogen) atoms. The second kappa shape index (κ2) is 10.0. The molecular weight excluding hydrogens is 439 g/mol. The number of rotatable bonds is 8. The molecule has 0 saturated carbocycles. The Kier molecular flexibility index (Phi) is 7.43. The highest BCUT2D eigenvalue weighted by Crippen LogP contribution is 2.20. The normalized spacial score (nSPS) is 12.5. The van der Waals surface area contributed by atoms with E-state index in [0.717, 1.165) is 27.6 Å². The first-order chi connectivity index (χ1) is 14.8. The van der Waals surface area contributed by atoms with Crippen LogP contribution in [0.1, 0.15) is 24.1 Å². The summed E-state index contributed by atoms with van der Waals surface area (Å²) in [6.07, 6.45) is 0. The summed E-state index contributed by atoms with van der Waals surface area (Å²) in [6, 6.07) is 20.2. The Labute approximate surface area is 186 Å². The fourth-order valence-electron chi connectivity index (χ4n) is 3.05. The van der Waals surface area contributed by atoms with Crippen LogP contribution in [0.5, 0.6) is 0 Å². The lowest BCUT2D eigenvalue weighted by atomic mass is 10.1. The molecule has 0 radical (unpaired) electrons. The highest BCUT2D eigenvalue weighted by molar-refractivity contribution is 7.89. The summed E-state index contributed by atoms with van der Waals surface area (Å²) in [5, 5.41) is 3.40. The fourth-order valence-corrected chi connectivity index (χ4v) is 4.56. The van der Waals surface area contributed by atoms with Gasteiger partial charge in [-0.15, -0.1) is 0 Å². The van der Waals surface area contributed by atoms with Gasteiger partial charge in [0.2, 0.25) is 15.9 Å². The number of halogens is 2. The van der Waals surface area contributed by atoms with Crippen molar-refractivity contribution in [3.63, 3.8) is 0 Å². The van der Waals surface area contributed by atoms with E-state index in [1.807, 2.05) is 6.07 Å². The molecule has 3 aromatic rings. The maximum Gasteiger partial charge on any atom is 0.243 e. The number of nitrogens with zero attached hydrogens (tertiary/aromatic N) is 1. The largest absolute Gasteiger partial charge is 0.348 e. The number of amides is 1. The second-order valence-corrected chi connectivity index (χ2v) is 9.43. The molecule has 8 heteroatoms. The van der Waals surface area contributed by atoms with Gasteiger partial charge in [-0.2, -0.15) is 4.31 Å². The third-order valence-electron chi connectivity index (χ3n) is 4.72. The monoisotopic (exact) mass is 460 g/mol. The van der Waals surface area contributed by atoms with Gasteiger partial charge in [-0.05, 0) is 54.4 Å². The van der Waals surface area contributed by atoms with Crippen LogP contribution in [0.25, 0.3) is 0 Å². The van der Waals surface area contributed by atoms with Crippen molar-refractivity contribution < 1.29 is 17.6 Å². The minimum atomic E-state index is -4.03. The minimum Gasteiger partial charge on any atom is -0.348 e. The Balaban J connectivity index is 1.81. The Morgan fingerprint density at radius 3 is 2.23 bits per heavy atom. The third kappa shape index (κ3) is 6.13. The molecule has 1 atom stereocenters. The molecule has 0 heterocycles. The highest BCUT2D eigenvalue weighted by Gasteiger charge is 2.27. The summed E-state index contributed by atoms with van der Waals surface area (Å²) in [5.41, 5.74) is 1.57. The summed E-state index contributed by atoms with van der Waals surface area (Å²) in [5.74, 6) is -0.993. The van der Waals surface area contributed by atoms with Crippen molar-refractivity contribution in [2.75, 3.05) is 6.54 Å². The van der Waals surface area contributed by atoms with Crippen molar-refractivity contribution in [3.8, 4) is 0 Å². The van der Waals surface area contributed by atoms with E-state index >= 15 is 0 Å². The molecule has 0 bridgehead atoms. The first-order valence-electron chi connectivity index (χ1n) is 9.60. The number of hydrogen-bond acceptors (Lipinski definition) is 3. The van der Waals surface area contributed by atoms with Crippen molar-refractivity contribution in [2.45, 2.75) is 24.4 Å². The summed E-state index contributed by atoms with van der Waals surface area (Å²) >= 11 is 5.90. The van der Waals surface area contributed by atoms with E-state index in [-0.39, 0.29) is 24.0 Å². The van der Waals surface area contributed by atoms with E-state index in [0.29, 0.717) is 5.02 Å². The molecule has 3 aromatic carbocycles. The van der Waals surface area contributed by atoms with Crippen LogP contribution in [-0.2, 0) is 21.4 Å². The van der Waals surface area contributed by atoms with E-state index < -0.39 is 21.7 Å².